The second-order valence-corrected chi connectivity index (χ2v) is 7.93. The number of carbonyl (C=O) groups excluding carboxylic acids is 1. The van der Waals surface area contributed by atoms with E-state index >= 15 is 0 Å². The van der Waals surface area contributed by atoms with E-state index < -0.39 is 11.0 Å². The monoisotopic (exact) mass is 456 g/mol. The number of nitrogens with one attached hydrogen (secondary N) is 1. The van der Waals surface area contributed by atoms with E-state index in [-0.39, 0.29) is 33.8 Å². The molecule has 1 atom stereocenters. The molecular formula is C26H24N4O4. The highest BCUT2D eigenvalue weighted by Crippen LogP contribution is 2.39. The van der Waals surface area contributed by atoms with Crippen molar-refractivity contribution in [1.82, 2.24) is 15.3 Å². The van der Waals surface area contributed by atoms with Crippen molar-refractivity contribution in [1.29, 1.82) is 0 Å². The van der Waals surface area contributed by atoms with E-state index in [0.717, 1.165) is 17.7 Å². The van der Waals surface area contributed by atoms with Crippen LogP contribution in [-0.4, -0.2) is 25.9 Å². The molecule has 0 fully saturated rings. The van der Waals surface area contributed by atoms with Gasteiger partial charge in [-0.15, -0.1) is 0 Å². The molecule has 4 rings (SSSR count). The molecule has 0 spiro atoms. The number of carbonyl (C=O) groups is 1. The first-order valence-corrected chi connectivity index (χ1v) is 11.0. The standard InChI is InChI=1S/C26H24N4O4/c1-2-3-9-23(31)29-24(18-12-10-17(11-13-18)21-8-4-5-14-27-21)20-16-22(30(33)34)19-7-6-15-28-25(19)26(20)32/h4-8,10-16,24,32H,2-3,9H2,1H3,(H,29,31). The number of hydrogen-bond acceptors (Lipinski definition) is 6. The molecule has 2 heterocycles. The summed E-state index contributed by atoms with van der Waals surface area (Å²) in [6, 6.07) is 16.6. The molecule has 0 aliphatic carbocycles. The van der Waals surface area contributed by atoms with Crippen LogP contribution in [-0.2, 0) is 4.79 Å². The number of pyridine rings is 2. The quantitative estimate of drug-likeness (QED) is 0.274. The fraction of sp³-hybridized carbons (Fsp3) is 0.192. The largest absolute Gasteiger partial charge is 0.505 e. The number of amides is 1. The summed E-state index contributed by atoms with van der Waals surface area (Å²) in [5.41, 5.74) is 2.50. The Balaban J connectivity index is 1.82. The molecule has 1 amide bonds. The molecule has 4 aromatic rings. The van der Waals surface area contributed by atoms with E-state index in [1.807, 2.05) is 49.4 Å². The van der Waals surface area contributed by atoms with Crippen LogP contribution < -0.4 is 5.32 Å². The minimum absolute atomic E-state index is 0.115. The fourth-order valence-corrected chi connectivity index (χ4v) is 3.89. The van der Waals surface area contributed by atoms with Crippen molar-refractivity contribution in [2.45, 2.75) is 32.2 Å². The third kappa shape index (κ3) is 4.71. The molecule has 8 heteroatoms. The van der Waals surface area contributed by atoms with Gasteiger partial charge in [-0.3, -0.25) is 24.9 Å². The van der Waals surface area contributed by atoms with Gasteiger partial charge in [0.25, 0.3) is 5.69 Å². The van der Waals surface area contributed by atoms with Gasteiger partial charge in [0.15, 0.2) is 0 Å². The maximum Gasteiger partial charge on any atom is 0.279 e. The first kappa shape index (κ1) is 22.8. The number of nitro benzene ring substituents is 1. The summed E-state index contributed by atoms with van der Waals surface area (Å²) in [5.74, 6) is -0.403. The van der Waals surface area contributed by atoms with Crippen molar-refractivity contribution in [3.63, 3.8) is 0 Å². The van der Waals surface area contributed by atoms with Crippen molar-refractivity contribution < 1.29 is 14.8 Å². The topological polar surface area (TPSA) is 118 Å². The number of unbranched alkanes of at least 4 members (excludes halogenated alkanes) is 1. The van der Waals surface area contributed by atoms with Gasteiger partial charge in [-0.05, 0) is 36.2 Å². The Kier molecular flexibility index (Phi) is 6.77. The van der Waals surface area contributed by atoms with Gasteiger partial charge in [-0.1, -0.05) is 43.7 Å². The molecule has 0 saturated heterocycles. The average Bonchev–Trinajstić information content (AvgIpc) is 2.87. The predicted octanol–water partition coefficient (Wildman–Crippen LogP) is 5.31. The zero-order chi connectivity index (χ0) is 24.1. The molecule has 172 valence electrons. The summed E-state index contributed by atoms with van der Waals surface area (Å²) in [6.07, 6.45) is 5.05. The van der Waals surface area contributed by atoms with Crippen LogP contribution in [0.25, 0.3) is 22.2 Å². The maximum atomic E-state index is 12.7. The lowest BCUT2D eigenvalue weighted by Gasteiger charge is -2.22. The van der Waals surface area contributed by atoms with Crippen molar-refractivity contribution in [2.24, 2.45) is 0 Å². The van der Waals surface area contributed by atoms with Gasteiger partial charge >= 0.3 is 0 Å². The van der Waals surface area contributed by atoms with Crippen molar-refractivity contribution in [2.75, 3.05) is 0 Å². The van der Waals surface area contributed by atoms with E-state index in [4.69, 9.17) is 0 Å². The maximum absolute atomic E-state index is 12.7. The van der Waals surface area contributed by atoms with Crippen LogP contribution >= 0.6 is 0 Å². The number of rotatable bonds is 8. The molecule has 2 N–H and O–H groups in total. The Hall–Kier alpha value is -4.33. The van der Waals surface area contributed by atoms with Crippen LogP contribution in [0.4, 0.5) is 5.69 Å². The highest BCUT2D eigenvalue weighted by Gasteiger charge is 2.27. The fourth-order valence-electron chi connectivity index (χ4n) is 3.89. The first-order valence-electron chi connectivity index (χ1n) is 11.0. The molecule has 0 aliphatic rings. The molecule has 1 unspecified atom stereocenters. The Morgan fingerprint density at radius 1 is 1.09 bits per heavy atom. The minimum atomic E-state index is -0.799. The van der Waals surface area contributed by atoms with Gasteiger partial charge in [0.1, 0.15) is 11.3 Å². The van der Waals surface area contributed by atoms with Crippen molar-refractivity contribution in [3.05, 3.63) is 94.3 Å². The number of nitrogens with zero attached hydrogens (tertiary/aromatic N) is 3. The van der Waals surface area contributed by atoms with Crippen molar-refractivity contribution in [3.8, 4) is 17.0 Å². The Morgan fingerprint density at radius 2 is 1.85 bits per heavy atom. The lowest BCUT2D eigenvalue weighted by Crippen LogP contribution is -2.29. The van der Waals surface area contributed by atoms with Gasteiger partial charge in [-0.2, -0.15) is 0 Å². The minimum Gasteiger partial charge on any atom is -0.505 e. The lowest BCUT2D eigenvalue weighted by atomic mass is 9.94. The van der Waals surface area contributed by atoms with E-state index in [1.165, 1.54) is 12.3 Å². The van der Waals surface area contributed by atoms with Crippen LogP contribution in [0.2, 0.25) is 0 Å². The lowest BCUT2D eigenvalue weighted by molar-refractivity contribution is -0.383. The Labute approximate surface area is 196 Å². The van der Waals surface area contributed by atoms with E-state index in [0.29, 0.717) is 18.4 Å². The van der Waals surface area contributed by atoms with Crippen LogP contribution in [0.5, 0.6) is 5.75 Å². The van der Waals surface area contributed by atoms with Gasteiger partial charge in [0, 0.05) is 36.0 Å². The molecule has 8 nitrogen and oxygen atoms in total. The number of phenolic OH excluding ortho intramolecular Hbond substituents is 1. The van der Waals surface area contributed by atoms with Gasteiger partial charge in [0.2, 0.25) is 5.91 Å². The molecular weight excluding hydrogens is 432 g/mol. The number of fused-ring (bicyclic) bond motifs is 1. The Morgan fingerprint density at radius 3 is 2.53 bits per heavy atom. The SMILES string of the molecule is CCCCC(=O)NC(c1ccc(-c2ccccn2)cc1)c1cc([N+](=O)[O-])c2cccnc2c1O. The molecule has 0 aliphatic heterocycles. The normalized spacial score (nSPS) is 11.8. The molecule has 2 aromatic heterocycles. The average molecular weight is 457 g/mol. The molecule has 34 heavy (non-hydrogen) atoms. The van der Waals surface area contributed by atoms with E-state index in [9.17, 15) is 20.0 Å². The third-order valence-electron chi connectivity index (χ3n) is 5.65. The number of benzene rings is 2. The number of aromatic hydroxyl groups is 1. The van der Waals surface area contributed by atoms with Gasteiger partial charge in [0.05, 0.1) is 22.0 Å². The van der Waals surface area contributed by atoms with E-state index in [1.54, 1.807) is 18.3 Å². The number of phenols is 1. The summed E-state index contributed by atoms with van der Waals surface area (Å²) >= 11 is 0. The van der Waals surface area contributed by atoms with Gasteiger partial charge < -0.3 is 10.4 Å². The molecule has 2 aromatic carbocycles. The zero-order valence-corrected chi connectivity index (χ0v) is 18.6. The zero-order valence-electron chi connectivity index (χ0n) is 18.6. The van der Waals surface area contributed by atoms with Crippen LogP contribution in [0, 0.1) is 10.1 Å². The molecule has 0 radical (unpaired) electrons. The first-order chi connectivity index (χ1) is 16.5. The summed E-state index contributed by atoms with van der Waals surface area (Å²) < 4.78 is 0. The Bertz CT molecular complexity index is 1320. The van der Waals surface area contributed by atoms with Crippen LogP contribution in [0.15, 0.2) is 73.1 Å². The van der Waals surface area contributed by atoms with E-state index in [2.05, 4.69) is 15.3 Å². The second kappa shape index (κ2) is 10.1. The summed E-state index contributed by atoms with van der Waals surface area (Å²) in [6.45, 7) is 1.99. The highest BCUT2D eigenvalue weighted by atomic mass is 16.6. The number of hydrogen-bond donors (Lipinski definition) is 2. The second-order valence-electron chi connectivity index (χ2n) is 7.93. The predicted molar refractivity (Wildman–Crippen MR) is 129 cm³/mol. The number of aromatic nitrogens is 2. The summed E-state index contributed by atoms with van der Waals surface area (Å²) in [7, 11) is 0. The molecule has 0 bridgehead atoms. The molecule has 0 saturated carbocycles. The van der Waals surface area contributed by atoms with Crippen LogP contribution in [0.1, 0.15) is 43.4 Å². The van der Waals surface area contributed by atoms with Gasteiger partial charge in [-0.25, -0.2) is 0 Å². The highest BCUT2D eigenvalue weighted by molar-refractivity contribution is 5.94. The van der Waals surface area contributed by atoms with Crippen molar-refractivity contribution >= 4 is 22.5 Å². The third-order valence-corrected chi connectivity index (χ3v) is 5.65. The summed E-state index contributed by atoms with van der Waals surface area (Å²) in [5, 5.41) is 26.0. The summed E-state index contributed by atoms with van der Waals surface area (Å²) in [4.78, 5) is 32.5. The number of nitro groups is 1. The smallest absolute Gasteiger partial charge is 0.279 e. The van der Waals surface area contributed by atoms with Crippen LogP contribution in [0.3, 0.4) is 0 Å². The number of non-ortho nitro benzene ring substituents is 1.